The topological polar surface area (TPSA) is 65.3 Å². The van der Waals surface area contributed by atoms with Crippen molar-refractivity contribution in [2.45, 2.75) is 64.5 Å². The molecule has 1 heterocycles. The maximum atomic E-state index is 15.8. The van der Waals surface area contributed by atoms with Crippen molar-refractivity contribution in [1.82, 2.24) is 4.98 Å². The minimum absolute atomic E-state index is 0.00718. The van der Waals surface area contributed by atoms with Crippen LogP contribution in [0.1, 0.15) is 45.9 Å². The van der Waals surface area contributed by atoms with Crippen molar-refractivity contribution in [2.75, 3.05) is 0 Å². The third-order valence-corrected chi connectivity index (χ3v) is 10.5. The summed E-state index contributed by atoms with van der Waals surface area (Å²) in [6, 6.07) is 5.19. The molecule has 0 saturated carbocycles. The van der Waals surface area contributed by atoms with Gasteiger partial charge in [0.15, 0.2) is 19.7 Å². The van der Waals surface area contributed by atoms with Crippen LogP contribution in [0.15, 0.2) is 36.5 Å². The lowest BCUT2D eigenvalue weighted by atomic mass is 9.94. The van der Waals surface area contributed by atoms with Crippen LogP contribution in [0.2, 0.25) is 18.1 Å². The number of nitro groups is 1. The first kappa shape index (κ1) is 27.6. The van der Waals surface area contributed by atoms with Crippen molar-refractivity contribution in [3.63, 3.8) is 0 Å². The van der Waals surface area contributed by atoms with Gasteiger partial charge in [-0.1, -0.05) is 20.8 Å². The van der Waals surface area contributed by atoms with E-state index in [9.17, 15) is 27.7 Å². The van der Waals surface area contributed by atoms with E-state index in [1.807, 2.05) is 33.9 Å². The van der Waals surface area contributed by atoms with Gasteiger partial charge >= 0.3 is 6.18 Å². The van der Waals surface area contributed by atoms with Gasteiger partial charge in [-0.15, -0.1) is 0 Å². The zero-order valence-electron chi connectivity index (χ0n) is 20.0. The standard InChI is InChI=1S/C23H27F5N2O3Si/c1-21(2,3)34(6,7)33-22(4,5)16-12-18(17(13-30(31)32)23(26,27)28)29-20(19(16)25)14-8-10-15(24)11-9-14/h8-13H,1-7H3/b17-13-. The zero-order valence-corrected chi connectivity index (χ0v) is 21.0. The molecule has 5 nitrogen and oxygen atoms in total. The van der Waals surface area contributed by atoms with E-state index in [1.54, 1.807) is 0 Å². The smallest absolute Gasteiger partial charge is 0.408 e. The molecule has 1 aromatic carbocycles. The summed E-state index contributed by atoms with van der Waals surface area (Å²) in [5.41, 5.74) is -4.65. The molecule has 0 aliphatic rings. The maximum absolute atomic E-state index is 15.8. The van der Waals surface area contributed by atoms with E-state index in [0.717, 1.165) is 18.2 Å². The summed E-state index contributed by atoms with van der Waals surface area (Å²) in [5, 5.41) is 10.6. The van der Waals surface area contributed by atoms with E-state index < -0.39 is 53.6 Å². The first-order valence-electron chi connectivity index (χ1n) is 10.4. The van der Waals surface area contributed by atoms with Crippen LogP contribution in [0.3, 0.4) is 0 Å². The minimum Gasteiger partial charge on any atom is -0.408 e. The molecule has 0 aliphatic heterocycles. The molecular weight excluding hydrogens is 475 g/mol. The molecule has 2 aromatic rings. The van der Waals surface area contributed by atoms with Gasteiger partial charge in [0.2, 0.25) is 6.20 Å². The Kier molecular flexibility index (Phi) is 7.45. The summed E-state index contributed by atoms with van der Waals surface area (Å²) >= 11 is 0. The molecule has 0 N–H and O–H groups in total. The van der Waals surface area contributed by atoms with Crippen molar-refractivity contribution >= 4 is 13.9 Å². The Balaban J connectivity index is 2.87. The molecule has 34 heavy (non-hydrogen) atoms. The van der Waals surface area contributed by atoms with Crippen molar-refractivity contribution in [3.8, 4) is 11.3 Å². The van der Waals surface area contributed by atoms with Crippen LogP contribution in [0, 0.1) is 21.7 Å². The number of rotatable bonds is 6. The van der Waals surface area contributed by atoms with Crippen LogP contribution in [0.4, 0.5) is 22.0 Å². The number of benzene rings is 1. The molecule has 0 bridgehead atoms. The lowest BCUT2D eigenvalue weighted by Gasteiger charge is -2.43. The molecule has 11 heteroatoms. The molecule has 0 aliphatic carbocycles. The van der Waals surface area contributed by atoms with Gasteiger partial charge in [-0.05, 0) is 62.3 Å². The molecule has 0 fully saturated rings. The molecule has 2 rings (SSSR count). The molecular formula is C23H27F5N2O3Si. The van der Waals surface area contributed by atoms with Gasteiger partial charge in [0, 0.05) is 11.1 Å². The number of hydrogen-bond acceptors (Lipinski definition) is 4. The van der Waals surface area contributed by atoms with E-state index in [1.165, 1.54) is 26.0 Å². The normalized spacial score (nSPS) is 13.8. The van der Waals surface area contributed by atoms with Gasteiger partial charge in [-0.25, -0.2) is 13.8 Å². The second kappa shape index (κ2) is 9.18. The molecule has 0 amide bonds. The summed E-state index contributed by atoms with van der Waals surface area (Å²) in [5.74, 6) is -1.59. The van der Waals surface area contributed by atoms with Crippen molar-refractivity contribution in [3.05, 3.63) is 69.5 Å². The minimum atomic E-state index is -5.14. The second-order valence-corrected chi connectivity index (χ2v) is 14.6. The van der Waals surface area contributed by atoms with Gasteiger partial charge in [0.1, 0.15) is 11.5 Å². The van der Waals surface area contributed by atoms with Crippen LogP contribution in [-0.4, -0.2) is 24.4 Å². The van der Waals surface area contributed by atoms with Crippen molar-refractivity contribution in [1.29, 1.82) is 0 Å². The van der Waals surface area contributed by atoms with E-state index in [-0.39, 0.29) is 22.4 Å². The zero-order chi connectivity index (χ0) is 26.3. The highest BCUT2D eigenvalue weighted by molar-refractivity contribution is 6.74. The van der Waals surface area contributed by atoms with Crippen molar-refractivity contribution in [2.24, 2.45) is 0 Å². The number of nitrogens with zero attached hydrogens (tertiary/aromatic N) is 2. The monoisotopic (exact) mass is 502 g/mol. The van der Waals surface area contributed by atoms with Gasteiger partial charge in [-0.3, -0.25) is 10.1 Å². The Hall–Kier alpha value is -2.66. The fraction of sp³-hybridized carbons (Fsp3) is 0.435. The van der Waals surface area contributed by atoms with Crippen LogP contribution in [0.25, 0.3) is 16.8 Å². The quantitative estimate of drug-likeness (QED) is 0.178. The molecule has 0 unspecified atom stereocenters. The van der Waals surface area contributed by atoms with Crippen LogP contribution >= 0.6 is 0 Å². The summed E-state index contributed by atoms with van der Waals surface area (Å²) in [6.45, 7) is 12.7. The molecule has 0 saturated heterocycles. The van der Waals surface area contributed by atoms with Gasteiger partial charge in [-0.2, -0.15) is 13.2 Å². The average molecular weight is 503 g/mol. The van der Waals surface area contributed by atoms with Crippen LogP contribution in [-0.2, 0) is 10.0 Å². The lowest BCUT2D eigenvalue weighted by Crippen LogP contribution is -2.46. The predicted molar refractivity (Wildman–Crippen MR) is 122 cm³/mol. The van der Waals surface area contributed by atoms with E-state index in [0.29, 0.717) is 0 Å². The second-order valence-electron chi connectivity index (χ2n) is 9.92. The first-order chi connectivity index (χ1) is 15.3. The first-order valence-corrected chi connectivity index (χ1v) is 13.3. The Morgan fingerprint density at radius 2 is 1.59 bits per heavy atom. The van der Waals surface area contributed by atoms with Crippen LogP contribution < -0.4 is 0 Å². The van der Waals surface area contributed by atoms with Gasteiger partial charge in [0.05, 0.1) is 16.2 Å². The molecule has 1 aromatic heterocycles. The van der Waals surface area contributed by atoms with E-state index >= 15 is 4.39 Å². The highest BCUT2D eigenvalue weighted by Gasteiger charge is 2.44. The average Bonchev–Trinajstić information content (AvgIpc) is 2.64. The Morgan fingerprint density at radius 3 is 2.03 bits per heavy atom. The fourth-order valence-corrected chi connectivity index (χ4v) is 4.83. The van der Waals surface area contributed by atoms with E-state index in [4.69, 9.17) is 4.43 Å². The molecule has 186 valence electrons. The summed E-state index contributed by atoms with van der Waals surface area (Å²) in [6.07, 6.45) is -5.35. The highest BCUT2D eigenvalue weighted by atomic mass is 28.4. The summed E-state index contributed by atoms with van der Waals surface area (Å²) in [7, 11) is -2.54. The number of alkyl halides is 3. The lowest BCUT2D eigenvalue weighted by molar-refractivity contribution is -0.402. The number of pyridine rings is 1. The van der Waals surface area contributed by atoms with Gasteiger partial charge < -0.3 is 4.43 Å². The third-order valence-electron chi connectivity index (χ3n) is 5.86. The largest absolute Gasteiger partial charge is 0.424 e. The maximum Gasteiger partial charge on any atom is 0.424 e. The number of hydrogen-bond donors (Lipinski definition) is 0. The van der Waals surface area contributed by atoms with E-state index in [2.05, 4.69) is 4.98 Å². The number of allylic oxidation sites excluding steroid dienone is 1. The predicted octanol–water partition coefficient (Wildman–Crippen LogP) is 7.46. The number of aromatic nitrogens is 1. The molecule has 0 atom stereocenters. The Morgan fingerprint density at radius 1 is 1.06 bits per heavy atom. The highest BCUT2D eigenvalue weighted by Crippen LogP contribution is 2.44. The van der Waals surface area contributed by atoms with Gasteiger partial charge in [0.25, 0.3) is 0 Å². The SMILES string of the molecule is CC(C)(O[Si](C)(C)C(C)(C)C)c1cc(/C(=C/[N+](=O)[O-])C(F)(F)F)nc(-c2ccc(F)cc2)c1F. The van der Waals surface area contributed by atoms with Crippen LogP contribution in [0.5, 0.6) is 0 Å². The molecule has 0 radical (unpaired) electrons. The molecule has 0 spiro atoms. The third kappa shape index (κ3) is 6.06. The fourth-order valence-electron chi connectivity index (χ4n) is 3.14. The Bertz CT molecular complexity index is 1110. The number of halogens is 5. The Labute approximate surface area is 195 Å². The summed E-state index contributed by atoms with van der Waals surface area (Å²) < 4.78 is 76.7. The summed E-state index contributed by atoms with van der Waals surface area (Å²) in [4.78, 5) is 13.5. The van der Waals surface area contributed by atoms with Crippen molar-refractivity contribution < 1.29 is 31.3 Å².